The number of nitrogens with zero attached hydrogens (tertiary/aromatic N) is 3. The van der Waals surface area contributed by atoms with Gasteiger partial charge in [0.2, 0.25) is 0 Å². The summed E-state index contributed by atoms with van der Waals surface area (Å²) in [7, 11) is 0. The van der Waals surface area contributed by atoms with Gasteiger partial charge in [0.15, 0.2) is 5.13 Å². The minimum atomic E-state index is -4.46. The molecule has 1 unspecified atom stereocenters. The maximum absolute atomic E-state index is 13.1. The van der Waals surface area contributed by atoms with Crippen LogP contribution >= 0.6 is 11.3 Å². The van der Waals surface area contributed by atoms with Crippen molar-refractivity contribution in [2.75, 3.05) is 29.1 Å². The Bertz CT molecular complexity index is 1410. The minimum Gasteiger partial charge on any atom is -0.394 e. The third-order valence-corrected chi connectivity index (χ3v) is 6.18. The first-order chi connectivity index (χ1) is 18.1. The lowest BCUT2D eigenvalue weighted by Crippen LogP contribution is -2.23. The second-order valence-electron chi connectivity index (χ2n) is 8.16. The maximum atomic E-state index is 13.1. The number of carbonyl (C=O) groups excluding carboxylic acids is 1. The topological polar surface area (TPSA) is 132 Å². The molecule has 0 aliphatic heterocycles. The molecule has 0 fully saturated rings. The van der Waals surface area contributed by atoms with E-state index >= 15 is 0 Å². The molecular weight excluding hydrogens is 521 g/mol. The Morgan fingerprint density at radius 3 is 2.53 bits per heavy atom. The summed E-state index contributed by atoms with van der Waals surface area (Å²) in [5, 5.41) is 27.3. The van der Waals surface area contributed by atoms with Crippen molar-refractivity contribution >= 4 is 39.7 Å². The van der Waals surface area contributed by atoms with Gasteiger partial charge in [-0.15, -0.1) is 11.3 Å². The minimum absolute atomic E-state index is 0.122. The monoisotopic (exact) mass is 544 g/mol. The van der Waals surface area contributed by atoms with Gasteiger partial charge in [-0.2, -0.15) is 13.2 Å². The van der Waals surface area contributed by atoms with Crippen LogP contribution in [0.1, 0.15) is 20.8 Å². The van der Waals surface area contributed by atoms with Crippen molar-refractivity contribution in [1.82, 2.24) is 15.0 Å². The molecule has 0 saturated carbocycles. The summed E-state index contributed by atoms with van der Waals surface area (Å²) in [6.45, 7) is 1.48. The van der Waals surface area contributed by atoms with Gasteiger partial charge in [0.25, 0.3) is 5.91 Å². The van der Waals surface area contributed by atoms with Crippen LogP contribution in [0.4, 0.5) is 35.6 Å². The molecule has 2 aromatic carbocycles. The van der Waals surface area contributed by atoms with Crippen molar-refractivity contribution in [3.63, 3.8) is 0 Å². The van der Waals surface area contributed by atoms with Crippen molar-refractivity contribution < 1.29 is 28.2 Å². The number of amides is 1. The van der Waals surface area contributed by atoms with E-state index in [1.807, 2.05) is 0 Å². The highest BCUT2D eigenvalue weighted by atomic mass is 32.1. The summed E-state index contributed by atoms with van der Waals surface area (Å²) in [6.07, 6.45) is -4.05. The number of aliphatic hydroxyl groups excluding tert-OH is 2. The van der Waals surface area contributed by atoms with Crippen molar-refractivity contribution in [3.05, 3.63) is 76.9 Å². The molecule has 4 aromatic rings. The molecule has 2 heterocycles. The molecule has 198 valence electrons. The van der Waals surface area contributed by atoms with Gasteiger partial charge in [0.05, 0.1) is 24.0 Å². The van der Waals surface area contributed by atoms with Crippen LogP contribution in [0, 0.1) is 6.92 Å². The van der Waals surface area contributed by atoms with E-state index in [0.717, 1.165) is 12.1 Å². The number of anilines is 4. The normalized spacial score (nSPS) is 12.2. The number of aryl methyl sites for hydroxylation is 1. The number of hydrogen-bond acceptors (Lipinski definition) is 9. The van der Waals surface area contributed by atoms with Gasteiger partial charge in [-0.1, -0.05) is 12.1 Å². The molecule has 0 aliphatic carbocycles. The van der Waals surface area contributed by atoms with E-state index in [4.69, 9.17) is 5.11 Å². The Labute approximate surface area is 219 Å². The fourth-order valence-electron chi connectivity index (χ4n) is 3.39. The average molecular weight is 545 g/mol. The molecule has 0 aliphatic rings. The summed E-state index contributed by atoms with van der Waals surface area (Å²) in [4.78, 5) is 25.9. The number of aliphatic hydroxyl groups is 2. The van der Waals surface area contributed by atoms with E-state index in [-0.39, 0.29) is 18.3 Å². The van der Waals surface area contributed by atoms with Gasteiger partial charge in [0, 0.05) is 34.3 Å². The van der Waals surface area contributed by atoms with Gasteiger partial charge < -0.3 is 20.8 Å². The van der Waals surface area contributed by atoms with E-state index in [0.29, 0.717) is 39.0 Å². The molecule has 0 bridgehead atoms. The number of halogens is 3. The van der Waals surface area contributed by atoms with Crippen LogP contribution in [0.3, 0.4) is 0 Å². The number of thiazole rings is 1. The highest BCUT2D eigenvalue weighted by molar-refractivity contribution is 7.16. The van der Waals surface area contributed by atoms with Gasteiger partial charge in [-0.05, 0) is 43.3 Å². The third kappa shape index (κ3) is 6.82. The highest BCUT2D eigenvalue weighted by Crippen LogP contribution is 2.35. The Balaban J connectivity index is 1.40. The summed E-state index contributed by atoms with van der Waals surface area (Å²) >= 11 is 1.17. The molecule has 5 N–H and O–H groups in total. The lowest BCUT2D eigenvalue weighted by atomic mass is 10.1. The molecule has 0 radical (unpaired) electrons. The zero-order chi connectivity index (χ0) is 27.3. The smallest absolute Gasteiger partial charge is 0.394 e. The second-order valence-corrected chi connectivity index (χ2v) is 9.37. The van der Waals surface area contributed by atoms with Gasteiger partial charge in [0.1, 0.15) is 18.0 Å². The first-order valence-corrected chi connectivity index (χ1v) is 12.1. The van der Waals surface area contributed by atoms with Crippen LogP contribution in [0.15, 0.2) is 60.9 Å². The fourth-order valence-corrected chi connectivity index (χ4v) is 4.22. The van der Waals surface area contributed by atoms with Crippen molar-refractivity contribution in [2.45, 2.75) is 19.2 Å². The lowest BCUT2D eigenvalue weighted by molar-refractivity contribution is -0.137. The van der Waals surface area contributed by atoms with Crippen molar-refractivity contribution in [1.29, 1.82) is 0 Å². The molecule has 1 amide bonds. The van der Waals surface area contributed by atoms with Crippen LogP contribution in [0.2, 0.25) is 0 Å². The predicted molar refractivity (Wildman–Crippen MR) is 139 cm³/mol. The quantitative estimate of drug-likeness (QED) is 0.205. The molecular formula is C25H23F3N6O3S. The predicted octanol–water partition coefficient (Wildman–Crippen LogP) is 4.69. The second kappa shape index (κ2) is 11.5. The number of nitrogens with one attached hydrogen (secondary N) is 3. The van der Waals surface area contributed by atoms with E-state index < -0.39 is 23.8 Å². The third-order valence-electron chi connectivity index (χ3n) is 5.30. The van der Waals surface area contributed by atoms with Gasteiger partial charge >= 0.3 is 6.18 Å². The maximum Gasteiger partial charge on any atom is 0.416 e. The van der Waals surface area contributed by atoms with Gasteiger partial charge in [-0.25, -0.2) is 15.0 Å². The Hall–Kier alpha value is -4.07. The van der Waals surface area contributed by atoms with Gasteiger partial charge in [-0.3, -0.25) is 10.1 Å². The molecule has 1 atom stereocenters. The first kappa shape index (κ1) is 27.0. The summed E-state index contributed by atoms with van der Waals surface area (Å²) < 4.78 is 39.2. The van der Waals surface area contributed by atoms with E-state index in [1.54, 1.807) is 43.3 Å². The van der Waals surface area contributed by atoms with Crippen LogP contribution in [-0.4, -0.2) is 50.3 Å². The number of carbonyl (C=O) groups is 1. The van der Waals surface area contributed by atoms with Crippen LogP contribution in [-0.2, 0) is 6.18 Å². The van der Waals surface area contributed by atoms with Crippen LogP contribution < -0.4 is 16.0 Å². The molecule has 38 heavy (non-hydrogen) atoms. The Morgan fingerprint density at radius 2 is 1.82 bits per heavy atom. The van der Waals surface area contributed by atoms with Crippen LogP contribution in [0.5, 0.6) is 0 Å². The lowest BCUT2D eigenvalue weighted by Gasteiger charge is -2.11. The first-order valence-electron chi connectivity index (χ1n) is 11.3. The number of aromatic nitrogens is 3. The Kier molecular flexibility index (Phi) is 8.20. The van der Waals surface area contributed by atoms with Crippen molar-refractivity contribution in [3.8, 4) is 11.3 Å². The Morgan fingerprint density at radius 1 is 1.08 bits per heavy atom. The molecule has 2 aromatic heterocycles. The largest absolute Gasteiger partial charge is 0.416 e. The molecule has 4 rings (SSSR count). The van der Waals surface area contributed by atoms with E-state index in [2.05, 4.69) is 30.9 Å². The molecule has 9 nitrogen and oxygen atoms in total. The van der Waals surface area contributed by atoms with Crippen LogP contribution in [0.25, 0.3) is 11.3 Å². The van der Waals surface area contributed by atoms with E-state index in [1.165, 1.54) is 23.7 Å². The number of rotatable bonds is 9. The SMILES string of the molecule is Cc1sc(NC(=O)c2ccc(Nc3cc(NCC(O)CO)ncn3)cc2)nc1-c1cccc(C(F)(F)F)c1. The number of hydrogen-bond donors (Lipinski definition) is 5. The standard InChI is InChI=1S/C25H23F3N6O3S/c1-14-22(16-3-2-4-17(9-16)25(26,27)28)33-24(38-14)34-23(37)15-5-7-18(8-6-15)32-21-10-20(30-13-31-21)29-11-19(36)12-35/h2-10,13,19,35-36H,11-12H2,1H3,(H,33,34,37)(H2,29,30,31,32). The van der Waals surface area contributed by atoms with E-state index in [9.17, 15) is 23.1 Å². The zero-order valence-corrected chi connectivity index (χ0v) is 20.8. The summed E-state index contributed by atoms with van der Waals surface area (Å²) in [5.41, 5.74) is 0.930. The summed E-state index contributed by atoms with van der Waals surface area (Å²) in [5.74, 6) is 0.504. The number of benzene rings is 2. The fraction of sp³-hybridized carbons (Fsp3) is 0.200. The molecule has 0 spiro atoms. The molecule has 13 heteroatoms. The van der Waals surface area contributed by atoms with Crippen molar-refractivity contribution in [2.24, 2.45) is 0 Å². The number of alkyl halides is 3. The summed E-state index contributed by atoms with van der Waals surface area (Å²) in [6, 6.07) is 13.1. The zero-order valence-electron chi connectivity index (χ0n) is 20.0. The highest BCUT2D eigenvalue weighted by Gasteiger charge is 2.30. The average Bonchev–Trinajstić information content (AvgIpc) is 3.27. The molecule has 0 saturated heterocycles.